The normalized spacial score (nSPS) is 28.9. The van der Waals surface area contributed by atoms with E-state index in [9.17, 15) is 9.59 Å². The van der Waals surface area contributed by atoms with Gasteiger partial charge in [0.05, 0.1) is 18.8 Å². The first-order chi connectivity index (χ1) is 8.13. The van der Waals surface area contributed by atoms with Gasteiger partial charge in [0.1, 0.15) is 5.60 Å². The summed E-state index contributed by atoms with van der Waals surface area (Å²) in [7, 11) is 0. The average Bonchev–Trinajstić information content (AvgIpc) is 2.18. The zero-order chi connectivity index (χ0) is 14.1. The number of carboxylic acids is 1. The molecular weight excluding hydrogens is 238 g/mol. The fraction of sp³-hybridized carbons (Fsp3) is 0.833. The highest BCUT2D eigenvalue weighted by Gasteiger charge is 2.42. The van der Waals surface area contributed by atoms with Gasteiger partial charge < -0.3 is 14.6 Å². The third-order valence-corrected chi connectivity index (χ3v) is 2.86. The maximum Gasteiger partial charge on any atom is 0.411 e. The number of ether oxygens (including phenoxy) is 2. The smallest absolute Gasteiger partial charge is 0.411 e. The van der Waals surface area contributed by atoms with E-state index in [1.807, 2.05) is 0 Å². The van der Waals surface area contributed by atoms with Crippen LogP contribution in [-0.4, -0.2) is 52.5 Å². The standard InChI is InChI=1S/C12H21NO5/c1-7-8(2)17-6-9(10(14)15)13(7)11(16)18-12(3,4)5/h7-9H,6H2,1-5H3,(H,14,15). The number of carbonyl (C=O) groups is 2. The highest BCUT2D eigenvalue weighted by atomic mass is 16.6. The summed E-state index contributed by atoms with van der Waals surface area (Å²) in [5, 5.41) is 9.13. The third kappa shape index (κ3) is 3.35. The summed E-state index contributed by atoms with van der Waals surface area (Å²) < 4.78 is 10.6. The van der Waals surface area contributed by atoms with E-state index in [4.69, 9.17) is 14.6 Å². The van der Waals surface area contributed by atoms with Crippen molar-refractivity contribution >= 4 is 12.1 Å². The van der Waals surface area contributed by atoms with Crippen LogP contribution in [0.3, 0.4) is 0 Å². The molecule has 0 radical (unpaired) electrons. The molecule has 0 aromatic rings. The fourth-order valence-electron chi connectivity index (χ4n) is 1.77. The predicted molar refractivity (Wildman–Crippen MR) is 64.4 cm³/mol. The van der Waals surface area contributed by atoms with Crippen molar-refractivity contribution < 1.29 is 24.2 Å². The topological polar surface area (TPSA) is 76.1 Å². The Bertz CT molecular complexity index is 336. The van der Waals surface area contributed by atoms with Crippen molar-refractivity contribution in [1.82, 2.24) is 4.90 Å². The molecule has 1 rings (SSSR count). The minimum Gasteiger partial charge on any atom is -0.480 e. The molecule has 6 heteroatoms. The van der Waals surface area contributed by atoms with Crippen LogP contribution in [0.15, 0.2) is 0 Å². The van der Waals surface area contributed by atoms with Crippen molar-refractivity contribution in [2.45, 2.75) is 58.4 Å². The second-order valence-corrected chi connectivity index (χ2v) is 5.52. The minimum absolute atomic E-state index is 0.0138. The van der Waals surface area contributed by atoms with Gasteiger partial charge in [-0.15, -0.1) is 0 Å². The van der Waals surface area contributed by atoms with E-state index in [-0.39, 0.29) is 18.8 Å². The Balaban J connectivity index is 2.90. The first-order valence-corrected chi connectivity index (χ1v) is 5.99. The lowest BCUT2D eigenvalue weighted by atomic mass is 10.1. The summed E-state index contributed by atoms with van der Waals surface area (Å²) in [5.74, 6) is -1.08. The maximum absolute atomic E-state index is 12.1. The Labute approximate surface area is 107 Å². The largest absolute Gasteiger partial charge is 0.480 e. The molecule has 18 heavy (non-hydrogen) atoms. The molecule has 3 unspecified atom stereocenters. The molecule has 0 spiro atoms. The number of rotatable bonds is 1. The molecule has 0 bridgehead atoms. The first-order valence-electron chi connectivity index (χ1n) is 5.99. The Hall–Kier alpha value is -1.30. The van der Waals surface area contributed by atoms with Crippen LogP contribution in [0.1, 0.15) is 34.6 Å². The van der Waals surface area contributed by atoms with Crippen molar-refractivity contribution in [3.8, 4) is 0 Å². The van der Waals surface area contributed by atoms with Gasteiger partial charge in [-0.1, -0.05) is 0 Å². The number of carbonyl (C=O) groups excluding carboxylic acids is 1. The van der Waals surface area contributed by atoms with Gasteiger partial charge >= 0.3 is 12.1 Å². The van der Waals surface area contributed by atoms with Gasteiger partial charge in [0.25, 0.3) is 0 Å². The Kier molecular flexibility index (Phi) is 4.21. The molecule has 1 aliphatic heterocycles. The van der Waals surface area contributed by atoms with Gasteiger partial charge in [0.2, 0.25) is 0 Å². The summed E-state index contributed by atoms with van der Waals surface area (Å²) in [5.41, 5.74) is -0.651. The van der Waals surface area contributed by atoms with E-state index in [0.717, 1.165) is 0 Å². The zero-order valence-corrected chi connectivity index (χ0v) is 11.5. The molecule has 1 fully saturated rings. The van der Waals surface area contributed by atoms with Crippen molar-refractivity contribution in [3.63, 3.8) is 0 Å². The highest BCUT2D eigenvalue weighted by molar-refractivity contribution is 5.80. The molecule has 3 atom stereocenters. The number of nitrogens with zero attached hydrogens (tertiary/aromatic N) is 1. The van der Waals surface area contributed by atoms with Crippen LogP contribution in [0, 0.1) is 0 Å². The maximum atomic E-state index is 12.1. The van der Waals surface area contributed by atoms with Crippen LogP contribution in [0.2, 0.25) is 0 Å². The Morgan fingerprint density at radius 1 is 1.33 bits per heavy atom. The minimum atomic E-state index is -1.08. The lowest BCUT2D eigenvalue weighted by molar-refractivity contribution is -0.157. The highest BCUT2D eigenvalue weighted by Crippen LogP contribution is 2.22. The second kappa shape index (κ2) is 5.14. The van der Waals surface area contributed by atoms with Crippen molar-refractivity contribution in [2.24, 2.45) is 0 Å². The van der Waals surface area contributed by atoms with Gasteiger partial charge in [0, 0.05) is 0 Å². The van der Waals surface area contributed by atoms with Crippen LogP contribution in [0.5, 0.6) is 0 Å². The SMILES string of the molecule is CC1OCC(C(=O)O)N(C(=O)OC(C)(C)C)C1C. The van der Waals surface area contributed by atoms with E-state index in [0.29, 0.717) is 0 Å². The number of aliphatic carboxylic acids is 1. The molecule has 0 aromatic carbocycles. The average molecular weight is 259 g/mol. The molecular formula is C12H21NO5. The van der Waals surface area contributed by atoms with Crippen molar-refractivity contribution in [1.29, 1.82) is 0 Å². The Morgan fingerprint density at radius 3 is 2.33 bits per heavy atom. The van der Waals surface area contributed by atoms with E-state index < -0.39 is 23.7 Å². The fourth-order valence-corrected chi connectivity index (χ4v) is 1.77. The molecule has 0 aromatic heterocycles. The van der Waals surface area contributed by atoms with E-state index >= 15 is 0 Å². The van der Waals surface area contributed by atoms with Crippen LogP contribution < -0.4 is 0 Å². The number of hydrogen-bond acceptors (Lipinski definition) is 4. The quantitative estimate of drug-likeness (QED) is 0.772. The first kappa shape index (κ1) is 14.8. The van der Waals surface area contributed by atoms with Gasteiger partial charge in [-0.3, -0.25) is 4.90 Å². The molecule has 0 saturated carbocycles. The molecule has 1 saturated heterocycles. The number of morpholine rings is 1. The summed E-state index contributed by atoms with van der Waals surface area (Å²) in [6.07, 6.45) is -0.828. The van der Waals surface area contributed by atoms with Crippen molar-refractivity contribution in [2.75, 3.05) is 6.61 Å². The third-order valence-electron chi connectivity index (χ3n) is 2.86. The molecule has 1 aliphatic rings. The van der Waals surface area contributed by atoms with E-state index in [1.54, 1.807) is 34.6 Å². The summed E-state index contributed by atoms with van der Waals surface area (Å²) in [4.78, 5) is 24.5. The number of amides is 1. The molecule has 1 amide bonds. The molecule has 6 nitrogen and oxygen atoms in total. The van der Waals surface area contributed by atoms with Crippen LogP contribution in [0.4, 0.5) is 4.79 Å². The van der Waals surface area contributed by atoms with Gasteiger partial charge in [0.15, 0.2) is 6.04 Å². The molecule has 1 heterocycles. The monoisotopic (exact) mass is 259 g/mol. The Morgan fingerprint density at radius 2 is 1.89 bits per heavy atom. The predicted octanol–water partition coefficient (Wildman–Crippen LogP) is 1.48. The lowest BCUT2D eigenvalue weighted by Gasteiger charge is -2.42. The van der Waals surface area contributed by atoms with E-state index in [1.165, 1.54) is 4.90 Å². The summed E-state index contributed by atoms with van der Waals surface area (Å²) >= 11 is 0. The zero-order valence-electron chi connectivity index (χ0n) is 11.5. The van der Waals surface area contributed by atoms with Crippen LogP contribution in [0.25, 0.3) is 0 Å². The summed E-state index contributed by atoms with van der Waals surface area (Å²) in [6, 6.07) is -1.33. The van der Waals surface area contributed by atoms with Crippen LogP contribution >= 0.6 is 0 Å². The van der Waals surface area contributed by atoms with Gasteiger partial charge in [-0.05, 0) is 34.6 Å². The van der Waals surface area contributed by atoms with Gasteiger partial charge in [-0.2, -0.15) is 0 Å². The van der Waals surface area contributed by atoms with Crippen LogP contribution in [-0.2, 0) is 14.3 Å². The van der Waals surface area contributed by atoms with E-state index in [2.05, 4.69) is 0 Å². The number of hydrogen-bond donors (Lipinski definition) is 1. The molecule has 1 N–H and O–H groups in total. The number of carboxylic acid groups (broad SMARTS) is 1. The second-order valence-electron chi connectivity index (χ2n) is 5.52. The lowest BCUT2D eigenvalue weighted by Crippen LogP contribution is -2.60. The molecule has 104 valence electrons. The molecule has 0 aliphatic carbocycles. The summed E-state index contributed by atoms with van der Waals surface area (Å²) in [6.45, 7) is 8.78. The van der Waals surface area contributed by atoms with Gasteiger partial charge in [-0.25, -0.2) is 9.59 Å². The van der Waals surface area contributed by atoms with Crippen molar-refractivity contribution in [3.05, 3.63) is 0 Å².